The van der Waals surface area contributed by atoms with E-state index in [1.54, 1.807) is 0 Å². The van der Waals surface area contributed by atoms with E-state index in [-0.39, 0.29) is 20.7 Å². The summed E-state index contributed by atoms with van der Waals surface area (Å²) in [6.45, 7) is 0. The van der Waals surface area contributed by atoms with Gasteiger partial charge in [0.05, 0.1) is 22.3 Å². The zero-order chi connectivity index (χ0) is 10.9. The van der Waals surface area contributed by atoms with Crippen molar-refractivity contribution in [3.05, 3.63) is 26.9 Å². The van der Waals surface area contributed by atoms with Crippen molar-refractivity contribution in [1.29, 1.82) is 0 Å². The van der Waals surface area contributed by atoms with Crippen LogP contribution in [0.15, 0.2) is 10.5 Å². The van der Waals surface area contributed by atoms with Crippen LogP contribution >= 0.6 is 27.5 Å². The van der Waals surface area contributed by atoms with E-state index in [1.807, 2.05) is 0 Å². The smallest absolute Gasteiger partial charge is 0.341 e. The molecule has 1 rings (SSSR count). The van der Waals surface area contributed by atoms with Gasteiger partial charge in [-0.2, -0.15) is 0 Å². The van der Waals surface area contributed by atoms with Crippen molar-refractivity contribution in [2.75, 3.05) is 12.8 Å². The van der Waals surface area contributed by atoms with E-state index >= 15 is 0 Å². The second-order valence-electron chi connectivity index (χ2n) is 2.43. The van der Waals surface area contributed by atoms with Gasteiger partial charge >= 0.3 is 5.97 Å². The molecular weight excluding hydrogens is 276 g/mol. The van der Waals surface area contributed by atoms with Crippen LogP contribution < -0.4 is 5.73 Å². The van der Waals surface area contributed by atoms with Crippen molar-refractivity contribution in [2.45, 2.75) is 0 Å². The summed E-state index contributed by atoms with van der Waals surface area (Å²) in [6, 6.07) is 1.02. The van der Waals surface area contributed by atoms with Crippen molar-refractivity contribution in [1.82, 2.24) is 0 Å². The Kier molecular flexibility index (Phi) is 3.34. The van der Waals surface area contributed by atoms with Gasteiger partial charge in [-0.05, 0) is 22.0 Å². The van der Waals surface area contributed by atoms with Crippen LogP contribution in [0.1, 0.15) is 10.4 Å². The molecule has 0 unspecified atom stereocenters. The molecule has 0 heterocycles. The maximum absolute atomic E-state index is 13.1. The van der Waals surface area contributed by atoms with Gasteiger partial charge < -0.3 is 10.5 Å². The first-order valence-corrected chi connectivity index (χ1v) is 4.67. The van der Waals surface area contributed by atoms with Crippen LogP contribution in [0.3, 0.4) is 0 Å². The van der Waals surface area contributed by atoms with Gasteiger partial charge in [0.1, 0.15) is 11.4 Å². The number of ether oxygens (including phenoxy) is 1. The molecule has 0 bridgehead atoms. The quantitative estimate of drug-likeness (QED) is 0.489. The SMILES string of the molecule is COC(=O)c1c(N)c(Cl)cc(F)c1Br. The summed E-state index contributed by atoms with van der Waals surface area (Å²) in [5.41, 5.74) is 5.39. The number of carbonyl (C=O) groups is 1. The number of halogens is 3. The number of methoxy groups -OCH3 is 1. The van der Waals surface area contributed by atoms with E-state index in [1.165, 1.54) is 7.11 Å². The predicted octanol–water partition coefficient (Wildman–Crippen LogP) is 2.61. The average Bonchev–Trinajstić information content (AvgIpc) is 2.15. The van der Waals surface area contributed by atoms with Gasteiger partial charge in [-0.15, -0.1) is 0 Å². The van der Waals surface area contributed by atoms with Gasteiger partial charge in [-0.1, -0.05) is 11.6 Å². The highest BCUT2D eigenvalue weighted by molar-refractivity contribution is 9.10. The number of hydrogen-bond acceptors (Lipinski definition) is 3. The number of rotatable bonds is 1. The fourth-order valence-corrected chi connectivity index (χ4v) is 1.59. The molecule has 0 aromatic heterocycles. The summed E-state index contributed by atoms with van der Waals surface area (Å²) in [6.07, 6.45) is 0. The van der Waals surface area contributed by atoms with E-state index in [2.05, 4.69) is 20.7 Å². The molecule has 0 radical (unpaired) electrons. The molecule has 0 amide bonds. The lowest BCUT2D eigenvalue weighted by atomic mass is 10.2. The van der Waals surface area contributed by atoms with Gasteiger partial charge in [0, 0.05) is 0 Å². The largest absolute Gasteiger partial charge is 0.465 e. The van der Waals surface area contributed by atoms with E-state index in [4.69, 9.17) is 17.3 Å². The number of esters is 1. The molecule has 0 aliphatic carbocycles. The van der Waals surface area contributed by atoms with E-state index < -0.39 is 11.8 Å². The highest BCUT2D eigenvalue weighted by Crippen LogP contribution is 2.32. The van der Waals surface area contributed by atoms with Crippen molar-refractivity contribution in [3.63, 3.8) is 0 Å². The Morgan fingerprint density at radius 1 is 1.71 bits per heavy atom. The Balaban J connectivity index is 3.47. The topological polar surface area (TPSA) is 52.3 Å². The highest BCUT2D eigenvalue weighted by atomic mass is 79.9. The molecule has 0 saturated carbocycles. The van der Waals surface area contributed by atoms with Gasteiger partial charge in [-0.3, -0.25) is 0 Å². The van der Waals surface area contributed by atoms with Crippen LogP contribution in [0.25, 0.3) is 0 Å². The highest BCUT2D eigenvalue weighted by Gasteiger charge is 2.20. The first kappa shape index (κ1) is 11.3. The second-order valence-corrected chi connectivity index (χ2v) is 3.63. The van der Waals surface area contributed by atoms with Crippen LogP contribution in [-0.4, -0.2) is 13.1 Å². The summed E-state index contributed by atoms with van der Waals surface area (Å²) in [5.74, 6) is -1.40. The number of benzene rings is 1. The Morgan fingerprint density at radius 3 is 2.79 bits per heavy atom. The molecule has 0 atom stereocenters. The number of hydrogen-bond donors (Lipinski definition) is 1. The van der Waals surface area contributed by atoms with Crippen molar-refractivity contribution >= 4 is 39.2 Å². The van der Waals surface area contributed by atoms with Crippen molar-refractivity contribution < 1.29 is 13.9 Å². The second kappa shape index (κ2) is 4.14. The zero-order valence-electron chi connectivity index (χ0n) is 7.11. The summed E-state index contributed by atoms with van der Waals surface area (Å²) < 4.78 is 17.5. The monoisotopic (exact) mass is 281 g/mol. The van der Waals surface area contributed by atoms with Crippen LogP contribution in [0.5, 0.6) is 0 Å². The summed E-state index contributed by atoms with van der Waals surface area (Å²) in [4.78, 5) is 11.2. The Morgan fingerprint density at radius 2 is 2.29 bits per heavy atom. The number of anilines is 1. The maximum Gasteiger partial charge on any atom is 0.341 e. The molecule has 76 valence electrons. The molecule has 3 nitrogen and oxygen atoms in total. The third-order valence-corrected chi connectivity index (χ3v) is 2.69. The minimum atomic E-state index is -0.740. The lowest BCUT2D eigenvalue weighted by Gasteiger charge is -2.08. The Labute approximate surface area is 93.1 Å². The molecule has 0 saturated heterocycles. The minimum Gasteiger partial charge on any atom is -0.465 e. The molecule has 0 spiro atoms. The van der Waals surface area contributed by atoms with Crippen LogP contribution in [0, 0.1) is 5.82 Å². The Bertz CT molecular complexity index is 371. The average molecular weight is 282 g/mol. The molecular formula is C8H6BrClFNO2. The van der Waals surface area contributed by atoms with E-state index in [0.29, 0.717) is 0 Å². The molecule has 0 aliphatic heterocycles. The van der Waals surface area contributed by atoms with E-state index in [0.717, 1.165) is 6.07 Å². The molecule has 2 N–H and O–H groups in total. The number of nitrogen functional groups attached to an aromatic ring is 1. The third kappa shape index (κ3) is 1.83. The van der Waals surface area contributed by atoms with Crippen LogP contribution in [0.4, 0.5) is 10.1 Å². The lowest BCUT2D eigenvalue weighted by Crippen LogP contribution is -2.08. The summed E-state index contributed by atoms with van der Waals surface area (Å²) >= 11 is 8.49. The van der Waals surface area contributed by atoms with Gasteiger partial charge in [0.2, 0.25) is 0 Å². The number of nitrogens with two attached hydrogens (primary N) is 1. The predicted molar refractivity (Wildman–Crippen MR) is 54.9 cm³/mol. The first-order valence-electron chi connectivity index (χ1n) is 3.50. The summed E-state index contributed by atoms with van der Waals surface area (Å²) in [5, 5.41) is -0.0221. The molecule has 1 aromatic rings. The summed E-state index contributed by atoms with van der Waals surface area (Å²) in [7, 11) is 1.17. The van der Waals surface area contributed by atoms with E-state index in [9.17, 15) is 9.18 Å². The molecule has 1 aromatic carbocycles. The third-order valence-electron chi connectivity index (χ3n) is 1.60. The van der Waals surface area contributed by atoms with Crippen molar-refractivity contribution in [2.24, 2.45) is 0 Å². The van der Waals surface area contributed by atoms with Gasteiger partial charge in [0.25, 0.3) is 0 Å². The van der Waals surface area contributed by atoms with Crippen molar-refractivity contribution in [3.8, 4) is 0 Å². The number of carbonyl (C=O) groups excluding carboxylic acids is 1. The minimum absolute atomic E-state index is 0.00760. The first-order chi connectivity index (χ1) is 6.49. The molecule has 14 heavy (non-hydrogen) atoms. The fourth-order valence-electron chi connectivity index (χ4n) is 0.911. The zero-order valence-corrected chi connectivity index (χ0v) is 9.45. The molecule has 0 aliphatic rings. The van der Waals surface area contributed by atoms with Crippen LogP contribution in [-0.2, 0) is 4.74 Å². The van der Waals surface area contributed by atoms with Crippen LogP contribution in [0.2, 0.25) is 5.02 Å². The fraction of sp³-hybridized carbons (Fsp3) is 0.125. The molecule has 0 fully saturated rings. The Hall–Kier alpha value is -0.810. The molecule has 6 heteroatoms. The normalized spacial score (nSPS) is 10.0. The van der Waals surface area contributed by atoms with Gasteiger partial charge in [-0.25, -0.2) is 9.18 Å². The van der Waals surface area contributed by atoms with Gasteiger partial charge in [0.15, 0.2) is 0 Å². The lowest BCUT2D eigenvalue weighted by molar-refractivity contribution is 0.0600. The maximum atomic E-state index is 13.1. The standard InChI is InChI=1S/C8H6BrClFNO2/c1-14-8(13)5-6(9)4(11)2-3(10)7(5)12/h2H,12H2,1H3.